The molecule has 0 aliphatic carbocycles. The van der Waals surface area contributed by atoms with Gasteiger partial charge in [0.05, 0.1) is 11.6 Å². The number of hydrogen-bond donors (Lipinski definition) is 1. The predicted octanol–water partition coefficient (Wildman–Crippen LogP) is 4.10. The average molecular weight is 526 g/mol. The van der Waals surface area contributed by atoms with E-state index in [2.05, 4.69) is 10.3 Å². The lowest BCUT2D eigenvalue weighted by molar-refractivity contribution is -0.130. The number of hydrogen-bond acceptors (Lipinski definition) is 5. The smallest absolute Gasteiger partial charge is 0.244 e. The first-order valence-corrected chi connectivity index (χ1v) is 13.3. The van der Waals surface area contributed by atoms with Gasteiger partial charge in [-0.25, -0.2) is 12.7 Å². The van der Waals surface area contributed by atoms with Crippen molar-refractivity contribution in [2.75, 3.05) is 33.7 Å². The molecule has 7 nitrogen and oxygen atoms in total. The Hall–Kier alpha value is -2.13. The second kappa shape index (κ2) is 11.5. The largest absolute Gasteiger partial charge is 0.368 e. The summed E-state index contributed by atoms with van der Waals surface area (Å²) in [4.78, 5) is 18.7. The molecule has 1 amide bonds. The minimum atomic E-state index is -3.74. The van der Waals surface area contributed by atoms with E-state index >= 15 is 0 Å². The van der Waals surface area contributed by atoms with Gasteiger partial charge >= 0.3 is 0 Å². The van der Waals surface area contributed by atoms with E-state index in [9.17, 15) is 13.2 Å². The molecule has 0 saturated carbocycles. The molecule has 0 spiro atoms. The first kappa shape index (κ1) is 26.5. The molecular weight excluding hydrogens is 495 g/mol. The summed E-state index contributed by atoms with van der Waals surface area (Å²) >= 11 is 12.1. The van der Waals surface area contributed by atoms with Crippen molar-refractivity contribution in [2.24, 2.45) is 4.99 Å². The van der Waals surface area contributed by atoms with Crippen molar-refractivity contribution >= 4 is 45.0 Å². The van der Waals surface area contributed by atoms with Crippen LogP contribution in [0.15, 0.2) is 46.3 Å². The number of amides is 1. The molecule has 2 aromatic carbocycles. The average Bonchev–Trinajstić information content (AvgIpc) is 3.34. The maximum absolute atomic E-state index is 12.9. The van der Waals surface area contributed by atoms with E-state index < -0.39 is 10.0 Å². The number of carbonyl (C=O) groups excluding carboxylic acids is 1. The molecular formula is C24H30Cl2N4O3S. The number of unbranched alkanes of at least 4 members (excludes halogenated alkanes) is 1. The molecule has 34 heavy (non-hydrogen) atoms. The predicted molar refractivity (Wildman–Crippen MR) is 137 cm³/mol. The third-order valence-electron chi connectivity index (χ3n) is 5.76. The molecule has 0 aromatic heterocycles. The monoisotopic (exact) mass is 524 g/mol. The quantitative estimate of drug-likeness (QED) is 0.474. The SMILES string of the molecule is Cc1cc(S(=O)(=O)N(C)CCCCC(=O)N(C)Cc2ccc(C3=NCCN3)cc2)c(Cl)cc1Cl. The van der Waals surface area contributed by atoms with Crippen molar-refractivity contribution in [3.63, 3.8) is 0 Å². The third kappa shape index (κ3) is 6.50. The summed E-state index contributed by atoms with van der Waals surface area (Å²) in [6.45, 7) is 4.20. The number of aliphatic imine (C=N–C) groups is 1. The van der Waals surface area contributed by atoms with Gasteiger partial charge in [-0.3, -0.25) is 9.79 Å². The van der Waals surface area contributed by atoms with Crippen LogP contribution >= 0.6 is 23.2 Å². The summed E-state index contributed by atoms with van der Waals surface area (Å²) in [6, 6.07) is 11.0. The lowest BCUT2D eigenvalue weighted by Gasteiger charge is -2.20. The highest BCUT2D eigenvalue weighted by Crippen LogP contribution is 2.30. The highest BCUT2D eigenvalue weighted by Gasteiger charge is 2.24. The number of nitrogens with one attached hydrogen (secondary N) is 1. The molecule has 1 N–H and O–H groups in total. The van der Waals surface area contributed by atoms with Gasteiger partial charge in [-0.15, -0.1) is 0 Å². The molecule has 184 valence electrons. The fourth-order valence-electron chi connectivity index (χ4n) is 3.64. The zero-order valence-corrected chi connectivity index (χ0v) is 22.0. The Balaban J connectivity index is 1.45. The number of nitrogens with zero attached hydrogens (tertiary/aromatic N) is 3. The molecule has 10 heteroatoms. The van der Waals surface area contributed by atoms with Gasteiger partial charge in [0.15, 0.2) is 0 Å². The molecule has 3 rings (SSSR count). The fraction of sp³-hybridized carbons (Fsp3) is 0.417. The van der Waals surface area contributed by atoms with Crippen LogP contribution in [-0.2, 0) is 21.4 Å². The van der Waals surface area contributed by atoms with E-state index in [1.54, 1.807) is 18.9 Å². The summed E-state index contributed by atoms with van der Waals surface area (Å²) in [5.74, 6) is 0.934. The first-order chi connectivity index (χ1) is 16.1. The van der Waals surface area contributed by atoms with Crippen LogP contribution in [0.4, 0.5) is 0 Å². The molecule has 0 saturated heterocycles. The van der Waals surface area contributed by atoms with Crippen LogP contribution in [-0.4, -0.2) is 63.1 Å². The zero-order valence-electron chi connectivity index (χ0n) is 19.6. The Morgan fingerprint density at radius 2 is 1.79 bits per heavy atom. The molecule has 0 fully saturated rings. The van der Waals surface area contributed by atoms with Gasteiger partial charge in [0, 0.05) is 50.7 Å². The third-order valence-corrected chi connectivity index (χ3v) is 8.49. The van der Waals surface area contributed by atoms with E-state index in [1.165, 1.54) is 23.5 Å². The van der Waals surface area contributed by atoms with Crippen LogP contribution in [0.25, 0.3) is 0 Å². The van der Waals surface area contributed by atoms with Gasteiger partial charge in [0.2, 0.25) is 15.9 Å². The number of rotatable bonds is 10. The minimum absolute atomic E-state index is 0.0211. The van der Waals surface area contributed by atoms with E-state index in [1.807, 2.05) is 24.3 Å². The second-order valence-corrected chi connectivity index (χ2v) is 11.2. The highest BCUT2D eigenvalue weighted by molar-refractivity contribution is 7.89. The maximum Gasteiger partial charge on any atom is 0.244 e. The summed E-state index contributed by atoms with van der Waals surface area (Å²) in [5, 5.41) is 3.76. The van der Waals surface area contributed by atoms with Gasteiger partial charge in [0.25, 0.3) is 0 Å². The Kier molecular flexibility index (Phi) is 8.98. The van der Waals surface area contributed by atoms with Crippen LogP contribution in [0.5, 0.6) is 0 Å². The Morgan fingerprint density at radius 1 is 1.09 bits per heavy atom. The molecule has 0 atom stereocenters. The number of sulfonamides is 1. The minimum Gasteiger partial charge on any atom is -0.368 e. The van der Waals surface area contributed by atoms with Crippen LogP contribution in [0.1, 0.15) is 36.0 Å². The lowest BCUT2D eigenvalue weighted by Crippen LogP contribution is -2.29. The van der Waals surface area contributed by atoms with Crippen molar-refractivity contribution in [3.05, 3.63) is 63.1 Å². The summed E-state index contributed by atoms with van der Waals surface area (Å²) < 4.78 is 27.0. The summed E-state index contributed by atoms with van der Waals surface area (Å²) in [6.07, 6.45) is 1.49. The molecule has 0 radical (unpaired) electrons. The lowest BCUT2D eigenvalue weighted by atomic mass is 10.1. The van der Waals surface area contributed by atoms with Crippen molar-refractivity contribution in [2.45, 2.75) is 37.6 Å². The molecule has 1 aliphatic heterocycles. The molecule has 1 aliphatic rings. The molecule has 0 unspecified atom stereocenters. The van der Waals surface area contributed by atoms with Crippen LogP contribution in [0.2, 0.25) is 10.0 Å². The highest BCUT2D eigenvalue weighted by atomic mass is 35.5. The van der Waals surface area contributed by atoms with Crippen molar-refractivity contribution < 1.29 is 13.2 Å². The normalized spacial score (nSPS) is 13.6. The van der Waals surface area contributed by atoms with Gasteiger partial charge in [-0.2, -0.15) is 0 Å². The van der Waals surface area contributed by atoms with Crippen molar-refractivity contribution in [1.82, 2.24) is 14.5 Å². The number of carbonyl (C=O) groups is 1. The topological polar surface area (TPSA) is 82.1 Å². The summed E-state index contributed by atoms with van der Waals surface area (Å²) in [7, 11) is -0.450. The van der Waals surface area contributed by atoms with E-state index in [0.29, 0.717) is 36.4 Å². The molecule has 0 bridgehead atoms. The Labute approximate surface area is 211 Å². The summed E-state index contributed by atoms with van der Waals surface area (Å²) in [5.41, 5.74) is 2.73. The molecule has 1 heterocycles. The number of amidine groups is 1. The van der Waals surface area contributed by atoms with Crippen molar-refractivity contribution in [1.29, 1.82) is 0 Å². The number of aryl methyl sites for hydroxylation is 1. The maximum atomic E-state index is 12.9. The Morgan fingerprint density at radius 3 is 2.44 bits per heavy atom. The molecule has 2 aromatic rings. The van der Waals surface area contributed by atoms with E-state index in [4.69, 9.17) is 23.2 Å². The number of halogens is 2. The van der Waals surface area contributed by atoms with Gasteiger partial charge < -0.3 is 10.2 Å². The van der Waals surface area contributed by atoms with Gasteiger partial charge in [-0.1, -0.05) is 47.5 Å². The van der Waals surface area contributed by atoms with E-state index in [0.717, 1.165) is 30.1 Å². The van der Waals surface area contributed by atoms with E-state index in [-0.39, 0.29) is 22.4 Å². The number of benzene rings is 2. The standard InChI is InChI=1S/C24H30Cl2N4O3S/c1-17-14-22(21(26)15-20(17)25)34(32,33)30(3)13-5-4-6-23(31)29(2)16-18-7-9-19(10-8-18)24-27-11-12-28-24/h7-10,14-15H,4-6,11-13,16H2,1-3H3,(H,27,28). The van der Waals surface area contributed by atoms with Crippen LogP contribution < -0.4 is 5.32 Å². The Bertz CT molecular complexity index is 1170. The van der Waals surface area contributed by atoms with Gasteiger partial charge in [0.1, 0.15) is 10.7 Å². The fourth-order valence-corrected chi connectivity index (χ4v) is 5.65. The first-order valence-electron chi connectivity index (χ1n) is 11.1. The van der Waals surface area contributed by atoms with Crippen LogP contribution in [0.3, 0.4) is 0 Å². The van der Waals surface area contributed by atoms with Gasteiger partial charge in [-0.05, 0) is 43.0 Å². The van der Waals surface area contributed by atoms with Crippen LogP contribution in [0, 0.1) is 6.92 Å². The zero-order chi connectivity index (χ0) is 24.9. The second-order valence-electron chi connectivity index (χ2n) is 8.42. The van der Waals surface area contributed by atoms with Crippen molar-refractivity contribution in [3.8, 4) is 0 Å².